The summed E-state index contributed by atoms with van der Waals surface area (Å²) in [6.07, 6.45) is 1.62. The first-order valence-corrected chi connectivity index (χ1v) is 6.11. The Morgan fingerprint density at radius 2 is 2.17 bits per heavy atom. The highest BCUT2D eigenvalue weighted by atomic mass is 35.5. The van der Waals surface area contributed by atoms with Crippen molar-refractivity contribution in [2.75, 3.05) is 7.05 Å². The Hall–Kier alpha value is -1.52. The maximum atomic E-state index is 5.93. The van der Waals surface area contributed by atoms with Crippen molar-refractivity contribution < 1.29 is 4.74 Å². The first-order valence-electron chi connectivity index (χ1n) is 5.73. The molecule has 0 unspecified atom stereocenters. The zero-order valence-electron chi connectivity index (χ0n) is 10.5. The van der Waals surface area contributed by atoms with Gasteiger partial charge in [0.15, 0.2) is 0 Å². The van der Waals surface area contributed by atoms with Gasteiger partial charge < -0.3 is 14.6 Å². The third-order valence-corrected chi connectivity index (χ3v) is 3.08. The van der Waals surface area contributed by atoms with E-state index in [9.17, 15) is 0 Å². The summed E-state index contributed by atoms with van der Waals surface area (Å²) in [6.45, 7) is 1.18. The van der Waals surface area contributed by atoms with Gasteiger partial charge in [-0.2, -0.15) is 0 Å². The van der Waals surface area contributed by atoms with E-state index in [1.807, 2.05) is 42.9 Å². The highest BCUT2D eigenvalue weighted by Crippen LogP contribution is 2.19. The molecule has 0 radical (unpaired) electrons. The number of benzene rings is 1. The van der Waals surface area contributed by atoms with E-state index in [-0.39, 0.29) is 0 Å². The number of para-hydroxylation sites is 1. The van der Waals surface area contributed by atoms with Crippen LogP contribution in [-0.2, 0) is 20.2 Å². The lowest BCUT2D eigenvalue weighted by molar-refractivity contribution is 0.288. The summed E-state index contributed by atoms with van der Waals surface area (Å²) in [4.78, 5) is 4.20. The number of imidazole rings is 1. The maximum Gasteiger partial charge on any atom is 0.147 e. The van der Waals surface area contributed by atoms with E-state index < -0.39 is 0 Å². The van der Waals surface area contributed by atoms with Crippen molar-refractivity contribution in [3.05, 3.63) is 47.0 Å². The first-order chi connectivity index (χ1) is 8.72. The molecule has 1 aromatic carbocycles. The predicted octanol–water partition coefficient (Wildman–Crippen LogP) is 2.37. The Labute approximate surface area is 112 Å². The van der Waals surface area contributed by atoms with Crippen LogP contribution in [0.25, 0.3) is 0 Å². The average Bonchev–Trinajstić information content (AvgIpc) is 2.70. The summed E-state index contributed by atoms with van der Waals surface area (Å²) in [5.41, 5.74) is 1.13. The molecule has 4 nitrogen and oxygen atoms in total. The minimum absolute atomic E-state index is 0.407. The lowest BCUT2D eigenvalue weighted by Gasteiger charge is -2.11. The molecule has 0 saturated carbocycles. The van der Waals surface area contributed by atoms with Gasteiger partial charge in [-0.05, 0) is 13.1 Å². The zero-order chi connectivity index (χ0) is 13.0. The second-order valence-electron chi connectivity index (χ2n) is 3.98. The number of rotatable bonds is 5. The molecule has 1 heterocycles. The van der Waals surface area contributed by atoms with E-state index >= 15 is 0 Å². The number of ether oxygens (including phenoxy) is 1. The predicted molar refractivity (Wildman–Crippen MR) is 71.8 cm³/mol. The number of hydrogen-bond acceptors (Lipinski definition) is 3. The van der Waals surface area contributed by atoms with E-state index in [0.717, 1.165) is 23.7 Å². The van der Waals surface area contributed by atoms with Gasteiger partial charge in [-0.25, -0.2) is 4.98 Å². The van der Waals surface area contributed by atoms with Crippen LogP contribution in [-0.4, -0.2) is 16.6 Å². The van der Waals surface area contributed by atoms with E-state index in [0.29, 0.717) is 11.8 Å². The molecule has 18 heavy (non-hydrogen) atoms. The van der Waals surface area contributed by atoms with Crippen molar-refractivity contribution >= 4 is 11.6 Å². The van der Waals surface area contributed by atoms with E-state index in [2.05, 4.69) is 10.3 Å². The van der Waals surface area contributed by atoms with Crippen LogP contribution >= 0.6 is 11.6 Å². The quantitative estimate of drug-likeness (QED) is 0.902. The normalized spacial score (nSPS) is 10.6. The second-order valence-corrected chi connectivity index (χ2v) is 4.37. The topological polar surface area (TPSA) is 39.1 Å². The van der Waals surface area contributed by atoms with Crippen LogP contribution in [0, 0.1) is 0 Å². The van der Waals surface area contributed by atoms with Crippen molar-refractivity contribution in [1.29, 1.82) is 0 Å². The SMILES string of the molecule is CNCc1ccccc1OCc1ncc(Cl)n1C. The first kappa shape index (κ1) is 12.9. The van der Waals surface area contributed by atoms with Gasteiger partial charge in [-0.15, -0.1) is 0 Å². The van der Waals surface area contributed by atoms with E-state index in [4.69, 9.17) is 16.3 Å². The maximum absolute atomic E-state index is 5.93. The van der Waals surface area contributed by atoms with Gasteiger partial charge in [0.05, 0.1) is 6.20 Å². The molecule has 0 aliphatic heterocycles. The molecule has 1 aromatic heterocycles. The van der Waals surface area contributed by atoms with Crippen LogP contribution < -0.4 is 10.1 Å². The molecule has 0 amide bonds. The molecule has 1 N–H and O–H groups in total. The van der Waals surface area contributed by atoms with Gasteiger partial charge in [-0.1, -0.05) is 29.8 Å². The van der Waals surface area contributed by atoms with Crippen LogP contribution in [0.1, 0.15) is 11.4 Å². The fourth-order valence-electron chi connectivity index (χ4n) is 1.68. The largest absolute Gasteiger partial charge is 0.485 e. The fraction of sp³-hybridized carbons (Fsp3) is 0.308. The molecule has 0 bridgehead atoms. The summed E-state index contributed by atoms with van der Waals surface area (Å²) in [5.74, 6) is 1.67. The molecule has 0 fully saturated rings. The van der Waals surface area contributed by atoms with Crippen LogP contribution in [0.15, 0.2) is 30.5 Å². The molecular formula is C13H16ClN3O. The molecule has 5 heteroatoms. The van der Waals surface area contributed by atoms with Crippen molar-refractivity contribution in [2.45, 2.75) is 13.2 Å². The molecule has 0 aliphatic rings. The van der Waals surface area contributed by atoms with Gasteiger partial charge in [0.25, 0.3) is 0 Å². The minimum Gasteiger partial charge on any atom is -0.485 e. The smallest absolute Gasteiger partial charge is 0.147 e. The zero-order valence-corrected chi connectivity index (χ0v) is 11.2. The Morgan fingerprint density at radius 1 is 1.39 bits per heavy atom. The lowest BCUT2D eigenvalue weighted by Crippen LogP contribution is -2.09. The Morgan fingerprint density at radius 3 is 2.83 bits per heavy atom. The van der Waals surface area contributed by atoms with Crippen LogP contribution in [0.4, 0.5) is 0 Å². The van der Waals surface area contributed by atoms with Crippen molar-refractivity contribution in [3.8, 4) is 5.75 Å². The Balaban J connectivity index is 2.08. The van der Waals surface area contributed by atoms with Gasteiger partial charge in [0.1, 0.15) is 23.3 Å². The van der Waals surface area contributed by atoms with Crippen molar-refractivity contribution in [3.63, 3.8) is 0 Å². The minimum atomic E-state index is 0.407. The summed E-state index contributed by atoms with van der Waals surface area (Å²) < 4.78 is 7.60. The molecule has 2 aromatic rings. The number of aromatic nitrogens is 2. The van der Waals surface area contributed by atoms with Gasteiger partial charge in [0.2, 0.25) is 0 Å². The summed E-state index contributed by atoms with van der Waals surface area (Å²) in [6, 6.07) is 7.95. The summed E-state index contributed by atoms with van der Waals surface area (Å²) >= 11 is 5.93. The standard InChI is InChI=1S/C13H16ClN3O/c1-15-7-10-5-3-4-6-11(10)18-9-13-16-8-12(14)17(13)2/h3-6,8,15H,7,9H2,1-2H3. The molecule has 0 aliphatic carbocycles. The monoisotopic (exact) mass is 265 g/mol. The van der Waals surface area contributed by atoms with Crippen molar-refractivity contribution in [1.82, 2.24) is 14.9 Å². The fourth-order valence-corrected chi connectivity index (χ4v) is 1.83. The Bertz CT molecular complexity index is 525. The third-order valence-electron chi connectivity index (χ3n) is 2.72. The number of nitrogens with one attached hydrogen (secondary N) is 1. The second kappa shape index (κ2) is 5.89. The average molecular weight is 266 g/mol. The van der Waals surface area contributed by atoms with Crippen LogP contribution in [0.2, 0.25) is 5.15 Å². The van der Waals surface area contributed by atoms with E-state index in [1.165, 1.54) is 0 Å². The number of hydrogen-bond donors (Lipinski definition) is 1. The molecule has 96 valence electrons. The van der Waals surface area contributed by atoms with Gasteiger partial charge in [0, 0.05) is 19.2 Å². The lowest BCUT2D eigenvalue weighted by atomic mass is 10.2. The number of halogens is 1. The van der Waals surface area contributed by atoms with Gasteiger partial charge in [-0.3, -0.25) is 0 Å². The van der Waals surface area contributed by atoms with E-state index in [1.54, 1.807) is 6.20 Å². The van der Waals surface area contributed by atoms with Gasteiger partial charge >= 0.3 is 0 Å². The molecule has 2 rings (SSSR count). The molecular weight excluding hydrogens is 250 g/mol. The van der Waals surface area contributed by atoms with Crippen LogP contribution in [0.3, 0.4) is 0 Å². The number of nitrogens with zero attached hydrogens (tertiary/aromatic N) is 2. The third kappa shape index (κ3) is 2.83. The highest BCUT2D eigenvalue weighted by Gasteiger charge is 2.07. The summed E-state index contributed by atoms with van der Waals surface area (Å²) in [5, 5.41) is 3.72. The molecule has 0 spiro atoms. The highest BCUT2D eigenvalue weighted by molar-refractivity contribution is 6.29. The Kier molecular flexibility index (Phi) is 4.23. The molecule has 0 saturated heterocycles. The molecule has 0 atom stereocenters. The van der Waals surface area contributed by atoms with Crippen molar-refractivity contribution in [2.24, 2.45) is 7.05 Å². The summed E-state index contributed by atoms with van der Waals surface area (Å²) in [7, 11) is 3.78. The van der Waals surface area contributed by atoms with Crippen LogP contribution in [0.5, 0.6) is 5.75 Å².